The Morgan fingerprint density at radius 3 is 2.52 bits per heavy atom. The zero-order chi connectivity index (χ0) is 14.7. The van der Waals surface area contributed by atoms with Gasteiger partial charge in [-0.15, -0.1) is 12.4 Å². The van der Waals surface area contributed by atoms with Crippen molar-refractivity contribution in [2.45, 2.75) is 39.8 Å². The van der Waals surface area contributed by atoms with E-state index in [4.69, 9.17) is 0 Å². The minimum absolute atomic E-state index is 0. The topological polar surface area (TPSA) is 44.4 Å². The van der Waals surface area contributed by atoms with Crippen molar-refractivity contribution >= 4 is 24.0 Å². The molecule has 1 aliphatic heterocycles. The van der Waals surface area contributed by atoms with Crippen LogP contribution in [-0.2, 0) is 4.79 Å². The molecule has 0 aromatic heterocycles. The second-order valence-electron chi connectivity index (χ2n) is 5.96. The highest BCUT2D eigenvalue weighted by Gasteiger charge is 2.22. The van der Waals surface area contributed by atoms with E-state index in [-0.39, 0.29) is 18.3 Å². The number of carbonyl (C=O) groups excluding carboxylic acids is 1. The maximum absolute atomic E-state index is 12.2. The average molecular weight is 312 g/mol. The minimum atomic E-state index is 0. The van der Waals surface area contributed by atoms with Crippen LogP contribution in [0.4, 0.5) is 5.69 Å². The van der Waals surface area contributed by atoms with Gasteiger partial charge in [-0.25, -0.2) is 0 Å². The molecule has 0 saturated carbocycles. The predicted octanol–water partition coefficient (Wildman–Crippen LogP) is 2.35. The fraction of sp³-hybridized carbons (Fsp3) is 0.562. The quantitative estimate of drug-likeness (QED) is 0.900. The van der Waals surface area contributed by atoms with Gasteiger partial charge in [-0.05, 0) is 44.9 Å². The Morgan fingerprint density at radius 1 is 1.29 bits per heavy atom. The maximum atomic E-state index is 12.2. The molecule has 0 radical (unpaired) electrons. The molecular formula is C16H26ClN3O. The molecule has 1 heterocycles. The van der Waals surface area contributed by atoms with Crippen LogP contribution in [0.5, 0.6) is 0 Å². The molecule has 1 fully saturated rings. The van der Waals surface area contributed by atoms with E-state index in [1.165, 1.54) is 5.56 Å². The van der Waals surface area contributed by atoms with E-state index in [1.807, 2.05) is 19.1 Å². The number of hydrogen-bond donors (Lipinski definition) is 2. The van der Waals surface area contributed by atoms with Gasteiger partial charge < -0.3 is 10.6 Å². The van der Waals surface area contributed by atoms with E-state index in [9.17, 15) is 4.79 Å². The van der Waals surface area contributed by atoms with Gasteiger partial charge >= 0.3 is 0 Å². The molecular weight excluding hydrogens is 286 g/mol. The highest BCUT2D eigenvalue weighted by Crippen LogP contribution is 2.18. The van der Waals surface area contributed by atoms with Crippen LogP contribution in [0.2, 0.25) is 0 Å². The molecule has 2 rings (SSSR count). The minimum Gasteiger partial charge on any atom is -0.325 e. The monoisotopic (exact) mass is 311 g/mol. The molecule has 5 heteroatoms. The van der Waals surface area contributed by atoms with Gasteiger partial charge in [0.25, 0.3) is 0 Å². The van der Waals surface area contributed by atoms with Gasteiger partial charge in [-0.1, -0.05) is 12.1 Å². The van der Waals surface area contributed by atoms with E-state index in [1.54, 1.807) is 0 Å². The number of nitrogens with one attached hydrogen (secondary N) is 2. The molecule has 1 aromatic rings. The summed E-state index contributed by atoms with van der Waals surface area (Å²) in [7, 11) is 0. The van der Waals surface area contributed by atoms with Gasteiger partial charge in [0, 0.05) is 30.9 Å². The smallest absolute Gasteiger partial charge is 0.238 e. The van der Waals surface area contributed by atoms with Gasteiger partial charge in [-0.3, -0.25) is 9.69 Å². The molecule has 2 N–H and O–H groups in total. The maximum Gasteiger partial charge on any atom is 0.238 e. The van der Waals surface area contributed by atoms with E-state index in [2.05, 4.69) is 42.4 Å². The number of anilines is 1. The SMILES string of the molecule is Cc1cccc(NC(=O)CN2CC(C)NC(C)C2)c1C.Cl. The third-order valence-electron chi connectivity index (χ3n) is 3.88. The molecule has 0 spiro atoms. The van der Waals surface area contributed by atoms with E-state index < -0.39 is 0 Å². The molecule has 1 aliphatic rings. The van der Waals surface area contributed by atoms with Gasteiger partial charge in [0.05, 0.1) is 6.54 Å². The molecule has 21 heavy (non-hydrogen) atoms. The normalized spacial score (nSPS) is 22.5. The van der Waals surface area contributed by atoms with Crippen molar-refractivity contribution in [3.8, 4) is 0 Å². The van der Waals surface area contributed by atoms with Gasteiger partial charge in [-0.2, -0.15) is 0 Å². The van der Waals surface area contributed by atoms with E-state index in [0.717, 1.165) is 24.3 Å². The first-order chi connectivity index (χ1) is 9.45. The van der Waals surface area contributed by atoms with Crippen LogP contribution >= 0.6 is 12.4 Å². The third-order valence-corrected chi connectivity index (χ3v) is 3.88. The van der Waals surface area contributed by atoms with Crippen LogP contribution in [0, 0.1) is 13.8 Å². The first-order valence-electron chi connectivity index (χ1n) is 7.30. The summed E-state index contributed by atoms with van der Waals surface area (Å²) >= 11 is 0. The Morgan fingerprint density at radius 2 is 1.90 bits per heavy atom. The molecule has 1 saturated heterocycles. The number of amides is 1. The van der Waals surface area contributed by atoms with Crippen molar-refractivity contribution < 1.29 is 4.79 Å². The second kappa shape index (κ2) is 7.78. The lowest BCUT2D eigenvalue weighted by atomic mass is 10.1. The standard InChI is InChI=1S/C16H25N3O.ClH/c1-11-6-5-7-15(14(11)4)18-16(20)10-19-8-12(2)17-13(3)9-19;/h5-7,12-13,17H,8-10H2,1-4H3,(H,18,20);1H. The van der Waals surface area contributed by atoms with Gasteiger partial charge in [0.15, 0.2) is 0 Å². The van der Waals surface area contributed by atoms with Crippen molar-refractivity contribution in [3.05, 3.63) is 29.3 Å². The Bertz CT molecular complexity index is 482. The lowest BCUT2D eigenvalue weighted by Crippen LogP contribution is -2.55. The van der Waals surface area contributed by atoms with Crippen LogP contribution in [0.3, 0.4) is 0 Å². The number of rotatable bonds is 3. The summed E-state index contributed by atoms with van der Waals surface area (Å²) in [6, 6.07) is 6.88. The van der Waals surface area contributed by atoms with Crippen LogP contribution < -0.4 is 10.6 Å². The third kappa shape index (κ3) is 4.99. The largest absolute Gasteiger partial charge is 0.325 e. The summed E-state index contributed by atoms with van der Waals surface area (Å²) in [4.78, 5) is 14.4. The summed E-state index contributed by atoms with van der Waals surface area (Å²) < 4.78 is 0. The van der Waals surface area contributed by atoms with Crippen molar-refractivity contribution in [2.75, 3.05) is 25.0 Å². The lowest BCUT2D eigenvalue weighted by molar-refractivity contribution is -0.117. The Balaban J connectivity index is 0.00000220. The van der Waals surface area contributed by atoms with Crippen molar-refractivity contribution in [2.24, 2.45) is 0 Å². The zero-order valence-electron chi connectivity index (χ0n) is 13.3. The van der Waals surface area contributed by atoms with Crippen LogP contribution in [0.25, 0.3) is 0 Å². The van der Waals surface area contributed by atoms with Crippen LogP contribution in [0.1, 0.15) is 25.0 Å². The summed E-state index contributed by atoms with van der Waals surface area (Å²) in [6.45, 7) is 10.7. The molecule has 0 bridgehead atoms. The summed E-state index contributed by atoms with van der Waals surface area (Å²) in [5, 5.41) is 6.50. The highest BCUT2D eigenvalue weighted by molar-refractivity contribution is 5.93. The van der Waals surface area contributed by atoms with E-state index in [0.29, 0.717) is 18.6 Å². The van der Waals surface area contributed by atoms with Gasteiger partial charge in [0.2, 0.25) is 5.91 Å². The van der Waals surface area contributed by atoms with Crippen molar-refractivity contribution in [1.82, 2.24) is 10.2 Å². The zero-order valence-corrected chi connectivity index (χ0v) is 14.1. The molecule has 1 aromatic carbocycles. The first-order valence-corrected chi connectivity index (χ1v) is 7.30. The van der Waals surface area contributed by atoms with Crippen molar-refractivity contribution in [3.63, 3.8) is 0 Å². The number of piperazine rings is 1. The number of hydrogen-bond acceptors (Lipinski definition) is 3. The molecule has 4 nitrogen and oxygen atoms in total. The first kappa shape index (κ1) is 18.0. The Labute approximate surface area is 133 Å². The van der Waals surface area contributed by atoms with E-state index >= 15 is 0 Å². The number of carbonyl (C=O) groups is 1. The molecule has 1 amide bonds. The van der Waals surface area contributed by atoms with Crippen LogP contribution in [-0.4, -0.2) is 42.5 Å². The number of aryl methyl sites for hydroxylation is 1. The molecule has 2 atom stereocenters. The van der Waals surface area contributed by atoms with Gasteiger partial charge in [0.1, 0.15) is 0 Å². The summed E-state index contributed by atoms with van der Waals surface area (Å²) in [5.74, 6) is 0.0694. The average Bonchev–Trinajstić information content (AvgIpc) is 2.33. The summed E-state index contributed by atoms with van der Waals surface area (Å²) in [6.07, 6.45) is 0. The fourth-order valence-electron chi connectivity index (χ4n) is 2.85. The number of halogens is 1. The number of benzene rings is 1. The number of nitrogens with zero attached hydrogens (tertiary/aromatic N) is 1. The highest BCUT2D eigenvalue weighted by atomic mass is 35.5. The Kier molecular flexibility index (Phi) is 6.65. The predicted molar refractivity (Wildman–Crippen MR) is 90.3 cm³/mol. The fourth-order valence-corrected chi connectivity index (χ4v) is 2.85. The second-order valence-corrected chi connectivity index (χ2v) is 5.96. The Hall–Kier alpha value is -1.10. The molecule has 0 aliphatic carbocycles. The van der Waals surface area contributed by atoms with Crippen LogP contribution in [0.15, 0.2) is 18.2 Å². The van der Waals surface area contributed by atoms with Crippen molar-refractivity contribution in [1.29, 1.82) is 0 Å². The molecule has 118 valence electrons. The summed E-state index contributed by atoms with van der Waals surface area (Å²) in [5.41, 5.74) is 3.27. The molecule has 2 unspecified atom stereocenters. The lowest BCUT2D eigenvalue weighted by Gasteiger charge is -2.35.